The van der Waals surface area contributed by atoms with Crippen LogP contribution < -0.4 is 5.73 Å². The van der Waals surface area contributed by atoms with Crippen molar-refractivity contribution in [2.24, 2.45) is 5.73 Å². The Hall–Kier alpha value is -2.57. The number of piperidine rings is 1. The van der Waals surface area contributed by atoms with Gasteiger partial charge in [0.05, 0.1) is 18.4 Å². The van der Waals surface area contributed by atoms with Gasteiger partial charge in [-0.1, -0.05) is 0 Å². The van der Waals surface area contributed by atoms with Crippen molar-refractivity contribution in [3.05, 3.63) is 29.9 Å². The lowest BCUT2D eigenvalue weighted by Gasteiger charge is -2.35. The predicted molar refractivity (Wildman–Crippen MR) is 85.8 cm³/mol. The average Bonchev–Trinajstić information content (AvgIpc) is 3.17. The molecule has 7 nitrogen and oxygen atoms in total. The molecule has 0 bridgehead atoms. The van der Waals surface area contributed by atoms with Crippen molar-refractivity contribution in [1.82, 2.24) is 9.88 Å². The molecule has 128 valence electrons. The van der Waals surface area contributed by atoms with E-state index in [2.05, 4.69) is 4.98 Å². The number of hydrogen-bond acceptors (Lipinski definition) is 5. The zero-order chi connectivity index (χ0) is 17.1. The number of primary amides is 1. The van der Waals surface area contributed by atoms with Crippen LogP contribution in [-0.2, 0) is 16.0 Å². The number of hydrogen-bond donors (Lipinski definition) is 1. The van der Waals surface area contributed by atoms with Crippen LogP contribution in [0, 0.1) is 6.92 Å². The van der Waals surface area contributed by atoms with Gasteiger partial charge in [0, 0.05) is 19.0 Å². The molecule has 0 radical (unpaired) electrons. The summed E-state index contributed by atoms with van der Waals surface area (Å²) < 4.78 is 10.9. The summed E-state index contributed by atoms with van der Waals surface area (Å²) in [5, 5.41) is 0. The predicted octanol–water partition coefficient (Wildman–Crippen LogP) is 2.04. The standard InChI is InChI=1S/C17H21N3O4/c1-11-13(19-17(24-11)14-6-4-8-23-14)10-16(22)20-7-3-2-5-12(20)9-15(18)21/h4,6,8,12H,2-3,5,7,9-10H2,1H3,(H2,18,21)/t12-/m0/s1. The molecule has 7 heteroatoms. The minimum absolute atomic E-state index is 0.0525. The third kappa shape index (κ3) is 3.50. The fourth-order valence-electron chi connectivity index (χ4n) is 3.12. The van der Waals surface area contributed by atoms with Crippen LogP contribution in [0.5, 0.6) is 0 Å². The highest BCUT2D eigenvalue weighted by molar-refractivity contribution is 5.80. The van der Waals surface area contributed by atoms with Crippen LogP contribution in [0.3, 0.4) is 0 Å². The minimum Gasteiger partial charge on any atom is -0.459 e. The maximum Gasteiger partial charge on any atom is 0.263 e. The number of likely N-dealkylation sites (tertiary alicyclic amines) is 1. The summed E-state index contributed by atoms with van der Waals surface area (Å²) in [5.74, 6) is 1.06. The number of furan rings is 1. The molecule has 2 amide bonds. The molecular weight excluding hydrogens is 310 g/mol. The summed E-state index contributed by atoms with van der Waals surface area (Å²) in [6.07, 6.45) is 4.66. The Morgan fingerprint density at radius 3 is 2.96 bits per heavy atom. The molecule has 0 unspecified atom stereocenters. The van der Waals surface area contributed by atoms with Crippen LogP contribution in [0.4, 0.5) is 0 Å². The Morgan fingerprint density at radius 1 is 1.42 bits per heavy atom. The number of rotatable bonds is 5. The van der Waals surface area contributed by atoms with E-state index in [1.165, 1.54) is 0 Å². The number of carbonyl (C=O) groups excluding carboxylic acids is 2. The van der Waals surface area contributed by atoms with Crippen molar-refractivity contribution in [3.63, 3.8) is 0 Å². The van der Waals surface area contributed by atoms with Crippen molar-refractivity contribution in [3.8, 4) is 11.7 Å². The van der Waals surface area contributed by atoms with Crippen LogP contribution in [0.1, 0.15) is 37.1 Å². The Kier molecular flexibility index (Phi) is 4.69. The molecule has 2 N–H and O–H groups in total. The zero-order valence-corrected chi connectivity index (χ0v) is 13.7. The maximum atomic E-state index is 12.7. The van der Waals surface area contributed by atoms with E-state index in [9.17, 15) is 9.59 Å². The maximum absolute atomic E-state index is 12.7. The minimum atomic E-state index is -0.377. The van der Waals surface area contributed by atoms with E-state index in [4.69, 9.17) is 14.6 Å². The largest absolute Gasteiger partial charge is 0.459 e. The number of carbonyl (C=O) groups is 2. The van der Waals surface area contributed by atoms with E-state index in [1.807, 2.05) is 0 Å². The van der Waals surface area contributed by atoms with E-state index in [1.54, 1.807) is 30.2 Å². The molecule has 1 atom stereocenters. The fourth-order valence-corrected chi connectivity index (χ4v) is 3.12. The quantitative estimate of drug-likeness (QED) is 0.903. The molecule has 24 heavy (non-hydrogen) atoms. The van der Waals surface area contributed by atoms with Crippen molar-refractivity contribution in [2.75, 3.05) is 6.54 Å². The van der Waals surface area contributed by atoms with Gasteiger partial charge in [-0.3, -0.25) is 9.59 Å². The number of aromatic nitrogens is 1. The lowest BCUT2D eigenvalue weighted by molar-refractivity contribution is -0.135. The topological polar surface area (TPSA) is 103 Å². The van der Waals surface area contributed by atoms with E-state index < -0.39 is 0 Å². The SMILES string of the molecule is Cc1oc(-c2ccco2)nc1CC(=O)N1CCCC[C@H]1CC(N)=O. The zero-order valence-electron chi connectivity index (χ0n) is 13.7. The van der Waals surface area contributed by atoms with Gasteiger partial charge in [-0.15, -0.1) is 0 Å². The lowest BCUT2D eigenvalue weighted by atomic mass is 9.98. The second-order valence-electron chi connectivity index (χ2n) is 6.08. The van der Waals surface area contributed by atoms with E-state index in [0.29, 0.717) is 29.6 Å². The van der Waals surface area contributed by atoms with Crippen LogP contribution in [0.2, 0.25) is 0 Å². The summed E-state index contributed by atoms with van der Waals surface area (Å²) in [5.41, 5.74) is 5.90. The van der Waals surface area contributed by atoms with Gasteiger partial charge in [0.25, 0.3) is 5.89 Å². The second-order valence-corrected chi connectivity index (χ2v) is 6.08. The lowest BCUT2D eigenvalue weighted by Crippen LogP contribution is -2.46. The van der Waals surface area contributed by atoms with Crippen molar-refractivity contribution >= 4 is 11.8 Å². The first-order valence-electron chi connectivity index (χ1n) is 8.12. The van der Waals surface area contributed by atoms with Crippen LogP contribution >= 0.6 is 0 Å². The van der Waals surface area contributed by atoms with Gasteiger partial charge >= 0.3 is 0 Å². The van der Waals surface area contributed by atoms with Crippen LogP contribution in [-0.4, -0.2) is 34.3 Å². The molecule has 0 saturated carbocycles. The molecule has 2 aromatic heterocycles. The van der Waals surface area contributed by atoms with Gasteiger partial charge in [-0.25, -0.2) is 4.98 Å². The van der Waals surface area contributed by atoms with E-state index in [-0.39, 0.29) is 30.7 Å². The summed E-state index contributed by atoms with van der Waals surface area (Å²) in [6, 6.07) is 3.40. The van der Waals surface area contributed by atoms with Crippen LogP contribution in [0.15, 0.2) is 27.2 Å². The first-order valence-corrected chi connectivity index (χ1v) is 8.12. The molecule has 1 aliphatic heterocycles. The van der Waals surface area contributed by atoms with Gasteiger partial charge < -0.3 is 19.5 Å². The Bertz CT molecular complexity index is 720. The third-order valence-corrected chi connectivity index (χ3v) is 4.33. The molecule has 0 spiro atoms. The van der Waals surface area contributed by atoms with Gasteiger partial charge in [0.1, 0.15) is 5.76 Å². The second kappa shape index (κ2) is 6.90. The van der Waals surface area contributed by atoms with Crippen LogP contribution in [0.25, 0.3) is 11.7 Å². The normalized spacial score (nSPS) is 17.9. The summed E-state index contributed by atoms with van der Waals surface area (Å²) in [4.78, 5) is 30.0. The summed E-state index contributed by atoms with van der Waals surface area (Å²) in [6.45, 7) is 2.43. The molecule has 3 rings (SSSR count). The first kappa shape index (κ1) is 16.3. The van der Waals surface area contributed by atoms with Gasteiger partial charge in [0.2, 0.25) is 11.8 Å². The number of aryl methyl sites for hydroxylation is 1. The van der Waals surface area contributed by atoms with E-state index >= 15 is 0 Å². The number of oxazole rings is 1. The smallest absolute Gasteiger partial charge is 0.263 e. The third-order valence-electron chi connectivity index (χ3n) is 4.33. The molecule has 0 aliphatic carbocycles. The monoisotopic (exact) mass is 331 g/mol. The first-order chi connectivity index (χ1) is 11.5. The number of nitrogens with two attached hydrogens (primary N) is 1. The molecule has 0 aromatic carbocycles. The molecule has 1 aliphatic rings. The van der Waals surface area contributed by atoms with Crippen molar-refractivity contribution in [1.29, 1.82) is 0 Å². The van der Waals surface area contributed by atoms with Gasteiger partial charge in [0.15, 0.2) is 5.76 Å². The fraction of sp³-hybridized carbons (Fsp3) is 0.471. The number of amides is 2. The molecule has 1 saturated heterocycles. The van der Waals surface area contributed by atoms with E-state index in [0.717, 1.165) is 19.3 Å². The molecular formula is C17H21N3O4. The molecule has 1 fully saturated rings. The van der Waals surface area contributed by atoms with Gasteiger partial charge in [-0.05, 0) is 38.3 Å². The summed E-state index contributed by atoms with van der Waals surface area (Å²) >= 11 is 0. The van der Waals surface area contributed by atoms with Crippen molar-refractivity contribution < 1.29 is 18.4 Å². The molecule has 2 aromatic rings. The molecule has 3 heterocycles. The Morgan fingerprint density at radius 2 is 2.25 bits per heavy atom. The Balaban J connectivity index is 1.73. The number of nitrogens with zero attached hydrogens (tertiary/aromatic N) is 2. The highest BCUT2D eigenvalue weighted by atomic mass is 16.4. The Labute approximate surface area is 139 Å². The summed E-state index contributed by atoms with van der Waals surface area (Å²) in [7, 11) is 0. The average molecular weight is 331 g/mol. The highest BCUT2D eigenvalue weighted by Crippen LogP contribution is 2.24. The van der Waals surface area contributed by atoms with Gasteiger partial charge in [-0.2, -0.15) is 0 Å². The highest BCUT2D eigenvalue weighted by Gasteiger charge is 2.29. The van der Waals surface area contributed by atoms with Crippen molar-refractivity contribution in [2.45, 2.75) is 45.1 Å².